The molecule has 2 aromatic rings. The zero-order chi connectivity index (χ0) is 23.9. The van der Waals surface area contributed by atoms with E-state index < -0.39 is 0 Å². The number of nitrogens with zero attached hydrogens (tertiary/aromatic N) is 2. The van der Waals surface area contributed by atoms with Gasteiger partial charge in [0.05, 0.1) is 13.1 Å². The van der Waals surface area contributed by atoms with Crippen LogP contribution in [0.4, 0.5) is 0 Å². The second-order valence-electron chi connectivity index (χ2n) is 8.90. The number of amides is 2. The maximum atomic E-state index is 13.6. The third-order valence-corrected chi connectivity index (χ3v) is 7.49. The maximum Gasteiger partial charge on any atom is 0.242 e. The van der Waals surface area contributed by atoms with Crippen LogP contribution in [0.3, 0.4) is 0 Å². The van der Waals surface area contributed by atoms with Gasteiger partial charge >= 0.3 is 0 Å². The van der Waals surface area contributed by atoms with Gasteiger partial charge in [0, 0.05) is 37.1 Å². The van der Waals surface area contributed by atoms with E-state index in [1.54, 1.807) is 16.2 Å². The summed E-state index contributed by atoms with van der Waals surface area (Å²) in [5.74, 6) is 1.54. The molecule has 0 atom stereocenters. The van der Waals surface area contributed by atoms with E-state index in [9.17, 15) is 9.59 Å². The Morgan fingerprint density at radius 1 is 1.12 bits per heavy atom. The molecular weight excluding hydrogens is 452 g/mol. The molecule has 0 spiro atoms. The summed E-state index contributed by atoms with van der Waals surface area (Å²) in [4.78, 5) is 31.4. The summed E-state index contributed by atoms with van der Waals surface area (Å²) < 4.78 is 16.4. The second kappa shape index (κ2) is 11.7. The molecule has 2 aliphatic rings. The number of fused-ring (bicyclic) bond motifs is 1. The highest BCUT2D eigenvalue weighted by atomic mass is 32.1. The van der Waals surface area contributed by atoms with Crippen molar-refractivity contribution in [3.63, 3.8) is 0 Å². The molecule has 2 amide bonds. The van der Waals surface area contributed by atoms with E-state index in [1.807, 2.05) is 35.4 Å². The van der Waals surface area contributed by atoms with E-state index >= 15 is 0 Å². The van der Waals surface area contributed by atoms with Crippen LogP contribution in [0.2, 0.25) is 0 Å². The van der Waals surface area contributed by atoms with Crippen LogP contribution < -0.4 is 9.47 Å². The van der Waals surface area contributed by atoms with Crippen molar-refractivity contribution in [3.8, 4) is 11.5 Å². The van der Waals surface area contributed by atoms with Crippen molar-refractivity contribution in [2.45, 2.75) is 52.6 Å². The van der Waals surface area contributed by atoms with Crippen molar-refractivity contribution in [2.75, 3.05) is 33.1 Å². The van der Waals surface area contributed by atoms with Crippen LogP contribution in [0.25, 0.3) is 0 Å². The lowest BCUT2D eigenvalue weighted by Crippen LogP contribution is -2.46. The fourth-order valence-corrected chi connectivity index (χ4v) is 5.10. The highest BCUT2D eigenvalue weighted by molar-refractivity contribution is 7.10. The molecule has 4 rings (SSSR count). The van der Waals surface area contributed by atoms with Crippen LogP contribution in [0.5, 0.6) is 11.5 Å². The number of carbonyl (C=O) groups is 2. The molecule has 1 aromatic carbocycles. The Kier molecular flexibility index (Phi) is 8.45. The van der Waals surface area contributed by atoms with Gasteiger partial charge in [-0.15, -0.1) is 11.3 Å². The summed E-state index contributed by atoms with van der Waals surface area (Å²) in [7, 11) is 0. The number of ether oxygens (including phenoxy) is 3. The zero-order valence-electron chi connectivity index (χ0n) is 20.1. The van der Waals surface area contributed by atoms with Gasteiger partial charge in [-0.2, -0.15) is 0 Å². The summed E-state index contributed by atoms with van der Waals surface area (Å²) in [6.45, 7) is 7.08. The summed E-state index contributed by atoms with van der Waals surface area (Å²) in [5, 5.41) is 2.05. The molecule has 0 radical (unpaired) electrons. The average Bonchev–Trinajstić information content (AvgIpc) is 3.42. The van der Waals surface area contributed by atoms with Crippen LogP contribution in [0.15, 0.2) is 29.6 Å². The molecule has 0 unspecified atom stereocenters. The molecule has 1 aliphatic carbocycles. The van der Waals surface area contributed by atoms with Crippen LogP contribution in [0, 0.1) is 12.8 Å². The molecular formula is C26H34N2O5S. The molecule has 1 aromatic heterocycles. The van der Waals surface area contributed by atoms with Crippen LogP contribution in [0.1, 0.15) is 48.6 Å². The van der Waals surface area contributed by atoms with Gasteiger partial charge in [0.15, 0.2) is 11.5 Å². The Balaban J connectivity index is 1.48. The van der Waals surface area contributed by atoms with Gasteiger partial charge in [-0.25, -0.2) is 0 Å². The third kappa shape index (κ3) is 6.10. The fraction of sp³-hybridized carbons (Fsp3) is 0.538. The Labute approximate surface area is 205 Å². The van der Waals surface area contributed by atoms with Gasteiger partial charge in [0.2, 0.25) is 18.6 Å². The lowest BCUT2D eigenvalue weighted by atomic mass is 9.84. The SMILES string of the molecule is CCOCCCN(CC(=O)N(Cc1ccc2c(c1)OCO2)Cc1sccc1C)C(=O)C1CCC1. The molecule has 1 aliphatic heterocycles. The van der Waals surface area contributed by atoms with Crippen molar-refractivity contribution >= 4 is 23.2 Å². The summed E-state index contributed by atoms with van der Waals surface area (Å²) in [6.07, 6.45) is 3.66. The van der Waals surface area contributed by atoms with Gasteiger partial charge in [-0.1, -0.05) is 12.5 Å². The van der Waals surface area contributed by atoms with Gasteiger partial charge < -0.3 is 24.0 Å². The molecule has 0 bridgehead atoms. The first kappa shape index (κ1) is 24.5. The normalized spacial score (nSPS) is 14.6. The molecule has 2 heterocycles. The number of thiophene rings is 1. The minimum Gasteiger partial charge on any atom is -0.454 e. The van der Waals surface area contributed by atoms with Crippen molar-refractivity contribution in [3.05, 3.63) is 45.6 Å². The number of aryl methyl sites for hydroxylation is 1. The largest absolute Gasteiger partial charge is 0.454 e. The molecule has 1 saturated carbocycles. The molecule has 0 saturated heterocycles. The van der Waals surface area contributed by atoms with E-state index in [1.165, 1.54) is 5.56 Å². The van der Waals surface area contributed by atoms with Crippen molar-refractivity contribution in [1.29, 1.82) is 0 Å². The van der Waals surface area contributed by atoms with Crippen LogP contribution in [-0.2, 0) is 27.4 Å². The molecule has 34 heavy (non-hydrogen) atoms. The van der Waals surface area contributed by atoms with Crippen LogP contribution >= 0.6 is 11.3 Å². The Bertz CT molecular complexity index is 987. The second-order valence-corrected chi connectivity index (χ2v) is 9.90. The maximum absolute atomic E-state index is 13.6. The Morgan fingerprint density at radius 3 is 2.65 bits per heavy atom. The lowest BCUT2D eigenvalue weighted by Gasteiger charge is -2.33. The molecule has 1 fully saturated rings. The Hall–Kier alpha value is -2.58. The summed E-state index contributed by atoms with van der Waals surface area (Å²) in [6, 6.07) is 7.86. The van der Waals surface area contributed by atoms with E-state index in [4.69, 9.17) is 14.2 Å². The topological polar surface area (TPSA) is 68.3 Å². The average molecular weight is 487 g/mol. The Morgan fingerprint density at radius 2 is 1.94 bits per heavy atom. The molecule has 0 N–H and O–H groups in total. The van der Waals surface area contributed by atoms with Gasteiger partial charge in [-0.3, -0.25) is 9.59 Å². The van der Waals surface area contributed by atoms with Gasteiger partial charge in [0.25, 0.3) is 0 Å². The van der Waals surface area contributed by atoms with Crippen molar-refractivity contribution < 1.29 is 23.8 Å². The fourth-order valence-electron chi connectivity index (χ4n) is 4.18. The van der Waals surface area contributed by atoms with Crippen molar-refractivity contribution in [1.82, 2.24) is 9.80 Å². The number of hydrogen-bond acceptors (Lipinski definition) is 6. The minimum absolute atomic E-state index is 0.0467. The zero-order valence-corrected chi connectivity index (χ0v) is 20.9. The smallest absolute Gasteiger partial charge is 0.242 e. The number of hydrogen-bond donors (Lipinski definition) is 0. The first-order valence-corrected chi connectivity index (χ1v) is 13.0. The highest BCUT2D eigenvalue weighted by Gasteiger charge is 2.31. The number of rotatable bonds is 12. The predicted molar refractivity (Wildman–Crippen MR) is 131 cm³/mol. The van der Waals surface area contributed by atoms with E-state index in [2.05, 4.69) is 13.0 Å². The predicted octanol–water partition coefficient (Wildman–Crippen LogP) is 4.37. The highest BCUT2D eigenvalue weighted by Crippen LogP contribution is 2.33. The number of benzene rings is 1. The standard InChI is InChI=1S/C26H34N2O5S/c1-3-31-12-5-11-27(26(30)21-6-4-7-21)17-25(29)28(16-24-19(2)10-13-34-24)15-20-8-9-22-23(14-20)33-18-32-22/h8-10,13-14,21H,3-7,11-12,15-18H2,1-2H3. The molecule has 8 heteroatoms. The van der Waals surface area contributed by atoms with E-state index in [0.717, 1.165) is 41.9 Å². The first-order valence-electron chi connectivity index (χ1n) is 12.1. The van der Waals surface area contributed by atoms with Crippen LogP contribution in [-0.4, -0.2) is 54.7 Å². The minimum atomic E-state index is -0.0467. The third-order valence-electron chi connectivity index (χ3n) is 6.48. The molecule has 184 valence electrons. The van der Waals surface area contributed by atoms with Gasteiger partial charge in [-0.05, 0) is 67.8 Å². The van der Waals surface area contributed by atoms with Gasteiger partial charge in [0.1, 0.15) is 0 Å². The first-order chi connectivity index (χ1) is 16.5. The lowest BCUT2D eigenvalue weighted by molar-refractivity contribution is -0.145. The van der Waals surface area contributed by atoms with Crippen molar-refractivity contribution in [2.24, 2.45) is 5.92 Å². The summed E-state index contributed by atoms with van der Waals surface area (Å²) >= 11 is 1.65. The number of carbonyl (C=O) groups excluding carboxylic acids is 2. The quantitative estimate of drug-likeness (QED) is 0.417. The molecule has 7 nitrogen and oxygen atoms in total. The van der Waals surface area contributed by atoms with E-state index in [-0.39, 0.29) is 31.1 Å². The van der Waals surface area contributed by atoms with E-state index in [0.29, 0.717) is 38.6 Å². The summed E-state index contributed by atoms with van der Waals surface area (Å²) in [5.41, 5.74) is 2.15. The monoisotopic (exact) mass is 486 g/mol.